The Labute approximate surface area is 97.2 Å². The Morgan fingerprint density at radius 3 is 2.73 bits per heavy atom. The highest BCUT2D eigenvalue weighted by molar-refractivity contribution is 7.85. The molecule has 15 heavy (non-hydrogen) atoms. The molecular formula is C10H13ClN2OS. The van der Waals surface area contributed by atoms with Crippen LogP contribution in [0.25, 0.3) is 0 Å². The van der Waals surface area contributed by atoms with E-state index < -0.39 is 11.0 Å². The van der Waals surface area contributed by atoms with Gasteiger partial charge in [0.1, 0.15) is 16.1 Å². The maximum absolute atomic E-state index is 11.6. The highest BCUT2D eigenvalue weighted by Gasteiger charge is 2.18. The molecule has 0 spiro atoms. The van der Waals surface area contributed by atoms with Gasteiger partial charge in [-0.25, -0.2) is 9.19 Å². The number of nitrogens with zero attached hydrogens (tertiary/aromatic N) is 2. The van der Waals surface area contributed by atoms with Crippen molar-refractivity contribution in [3.05, 3.63) is 29.0 Å². The van der Waals surface area contributed by atoms with Crippen LogP contribution in [0.5, 0.6) is 0 Å². The monoisotopic (exact) mass is 244 g/mol. The minimum Gasteiger partial charge on any atom is -0.244 e. The molecule has 1 heterocycles. The molecule has 0 aliphatic carbocycles. The van der Waals surface area contributed by atoms with Gasteiger partial charge in [-0.1, -0.05) is 11.6 Å². The summed E-state index contributed by atoms with van der Waals surface area (Å²) in [7, 11) is -1.26. The summed E-state index contributed by atoms with van der Waals surface area (Å²) in [6, 6.07) is 3.53. The van der Waals surface area contributed by atoms with Gasteiger partial charge in [-0.15, -0.1) is 0 Å². The van der Waals surface area contributed by atoms with Gasteiger partial charge in [-0.3, -0.25) is 0 Å². The second kappa shape index (κ2) is 4.86. The Morgan fingerprint density at radius 1 is 1.53 bits per heavy atom. The van der Waals surface area contributed by atoms with Crippen molar-refractivity contribution < 1.29 is 4.21 Å². The predicted molar refractivity (Wildman–Crippen MR) is 64.7 cm³/mol. The molecule has 0 unspecified atom stereocenters. The molecule has 0 N–H and O–H groups in total. The van der Waals surface area contributed by atoms with Gasteiger partial charge in [0, 0.05) is 18.0 Å². The summed E-state index contributed by atoms with van der Waals surface area (Å²) in [6.07, 6.45) is 3.09. The standard InChI is InChI=1S/C10H13ClN2OS/c1-10(2,3)15(14)13-7-8-5-4-6-12-9(8)11/h4-7H,1-3H3/t15-/m1/s1. The molecule has 0 saturated heterocycles. The Morgan fingerprint density at radius 2 is 2.20 bits per heavy atom. The van der Waals surface area contributed by atoms with E-state index in [9.17, 15) is 4.21 Å². The molecule has 3 nitrogen and oxygen atoms in total. The summed E-state index contributed by atoms with van der Waals surface area (Å²) in [5.41, 5.74) is 0.678. The van der Waals surface area contributed by atoms with Crippen molar-refractivity contribution in [1.82, 2.24) is 4.98 Å². The quantitative estimate of drug-likeness (QED) is 0.593. The topological polar surface area (TPSA) is 42.3 Å². The van der Waals surface area contributed by atoms with E-state index >= 15 is 0 Å². The smallest absolute Gasteiger partial charge is 0.144 e. The summed E-state index contributed by atoms with van der Waals surface area (Å²) < 4.78 is 15.2. The van der Waals surface area contributed by atoms with Crippen LogP contribution in [0.1, 0.15) is 26.3 Å². The van der Waals surface area contributed by atoms with Gasteiger partial charge in [0.25, 0.3) is 0 Å². The summed E-state index contributed by atoms with van der Waals surface area (Å²) in [5, 5.41) is 0.368. The summed E-state index contributed by atoms with van der Waals surface area (Å²) in [5.74, 6) is 0. The highest BCUT2D eigenvalue weighted by Crippen LogP contribution is 2.13. The van der Waals surface area contributed by atoms with E-state index in [-0.39, 0.29) is 4.75 Å². The summed E-state index contributed by atoms with van der Waals surface area (Å²) >= 11 is 5.82. The molecule has 0 radical (unpaired) electrons. The third kappa shape index (κ3) is 3.72. The molecule has 0 fully saturated rings. The lowest BCUT2D eigenvalue weighted by atomic mass is 10.3. The Bertz CT molecular complexity index is 399. The molecule has 0 saturated carbocycles. The molecule has 0 aliphatic heterocycles. The van der Waals surface area contributed by atoms with Crippen molar-refractivity contribution in [2.24, 2.45) is 4.40 Å². The molecule has 82 valence electrons. The van der Waals surface area contributed by atoms with Gasteiger partial charge in [-0.05, 0) is 32.9 Å². The van der Waals surface area contributed by atoms with Crippen LogP contribution in [-0.4, -0.2) is 20.2 Å². The first kappa shape index (κ1) is 12.3. The van der Waals surface area contributed by atoms with Gasteiger partial charge in [0.15, 0.2) is 0 Å². The molecule has 5 heteroatoms. The number of halogens is 1. The maximum Gasteiger partial charge on any atom is 0.144 e. The van der Waals surface area contributed by atoms with E-state index in [0.717, 1.165) is 0 Å². The predicted octanol–water partition coefficient (Wildman–Crippen LogP) is 2.62. The molecule has 0 aliphatic rings. The van der Waals surface area contributed by atoms with E-state index in [2.05, 4.69) is 9.38 Å². The zero-order valence-corrected chi connectivity index (χ0v) is 10.5. The Balaban J connectivity index is 2.84. The number of hydrogen-bond acceptors (Lipinski definition) is 2. The van der Waals surface area contributed by atoms with E-state index in [1.165, 1.54) is 6.21 Å². The third-order valence-electron chi connectivity index (χ3n) is 1.60. The average Bonchev–Trinajstić information content (AvgIpc) is 2.14. The van der Waals surface area contributed by atoms with Crippen LogP contribution < -0.4 is 0 Å². The number of hydrogen-bond donors (Lipinski definition) is 0. The summed E-state index contributed by atoms with van der Waals surface area (Å²) in [4.78, 5) is 3.89. The minimum absolute atomic E-state index is 0.356. The average molecular weight is 245 g/mol. The molecule has 0 amide bonds. The first-order valence-corrected chi connectivity index (χ1v) is 5.96. The van der Waals surface area contributed by atoms with E-state index in [1.54, 1.807) is 18.3 Å². The lowest BCUT2D eigenvalue weighted by Gasteiger charge is -2.12. The molecule has 1 atom stereocenters. The van der Waals surface area contributed by atoms with Crippen molar-refractivity contribution in [2.45, 2.75) is 25.5 Å². The lowest BCUT2D eigenvalue weighted by Crippen LogP contribution is -2.19. The number of pyridine rings is 1. The Kier molecular flexibility index (Phi) is 3.99. The van der Waals surface area contributed by atoms with E-state index in [0.29, 0.717) is 10.7 Å². The normalized spacial score (nSPS) is 14.4. The molecular weight excluding hydrogens is 232 g/mol. The lowest BCUT2D eigenvalue weighted by molar-refractivity contribution is 0.651. The van der Waals surface area contributed by atoms with Gasteiger partial charge >= 0.3 is 0 Å². The van der Waals surface area contributed by atoms with Crippen molar-refractivity contribution in [3.8, 4) is 0 Å². The first-order chi connectivity index (χ1) is 6.91. The van der Waals surface area contributed by atoms with Crippen molar-refractivity contribution >= 4 is 28.8 Å². The highest BCUT2D eigenvalue weighted by atomic mass is 35.5. The van der Waals surface area contributed by atoms with Gasteiger partial charge in [0.05, 0.1) is 4.75 Å². The fourth-order valence-electron chi connectivity index (χ4n) is 0.758. The van der Waals surface area contributed by atoms with Crippen LogP contribution in [0, 0.1) is 0 Å². The maximum atomic E-state index is 11.6. The SMILES string of the molecule is CC(C)(C)[S@@](=O)N=Cc1cccnc1Cl. The van der Waals surface area contributed by atoms with Crippen LogP contribution in [0.3, 0.4) is 0 Å². The van der Waals surface area contributed by atoms with Crippen molar-refractivity contribution in [3.63, 3.8) is 0 Å². The van der Waals surface area contributed by atoms with Gasteiger partial charge in [0.2, 0.25) is 0 Å². The molecule has 1 aromatic rings. The zero-order valence-electron chi connectivity index (χ0n) is 8.90. The largest absolute Gasteiger partial charge is 0.244 e. The van der Waals surface area contributed by atoms with Crippen LogP contribution in [0.15, 0.2) is 22.7 Å². The fourth-order valence-corrected chi connectivity index (χ4v) is 1.45. The third-order valence-corrected chi connectivity index (χ3v) is 3.26. The van der Waals surface area contributed by atoms with Crippen molar-refractivity contribution in [2.75, 3.05) is 0 Å². The fraction of sp³-hybridized carbons (Fsp3) is 0.400. The van der Waals surface area contributed by atoms with Gasteiger partial charge in [-0.2, -0.15) is 4.40 Å². The minimum atomic E-state index is -1.26. The van der Waals surface area contributed by atoms with Crippen LogP contribution in [-0.2, 0) is 11.0 Å². The van der Waals surface area contributed by atoms with Crippen LogP contribution >= 0.6 is 11.6 Å². The second-order valence-electron chi connectivity index (χ2n) is 3.98. The molecule has 0 aromatic carbocycles. The van der Waals surface area contributed by atoms with Crippen molar-refractivity contribution in [1.29, 1.82) is 0 Å². The van der Waals surface area contributed by atoms with Crippen LogP contribution in [0.2, 0.25) is 5.15 Å². The van der Waals surface area contributed by atoms with Crippen LogP contribution in [0.4, 0.5) is 0 Å². The Hall–Kier alpha value is -0.740. The molecule has 1 aromatic heterocycles. The second-order valence-corrected chi connectivity index (χ2v) is 6.27. The zero-order chi connectivity index (χ0) is 11.5. The van der Waals surface area contributed by atoms with Gasteiger partial charge < -0.3 is 0 Å². The van der Waals surface area contributed by atoms with E-state index in [1.807, 2.05) is 20.8 Å². The summed E-state index contributed by atoms with van der Waals surface area (Å²) in [6.45, 7) is 5.60. The first-order valence-electron chi connectivity index (χ1n) is 4.48. The molecule has 1 rings (SSSR count). The number of rotatable bonds is 2. The van der Waals surface area contributed by atoms with E-state index in [4.69, 9.17) is 11.6 Å². The molecule has 0 bridgehead atoms. The number of aromatic nitrogens is 1.